The van der Waals surface area contributed by atoms with Gasteiger partial charge in [0.15, 0.2) is 5.03 Å². The second-order valence-electron chi connectivity index (χ2n) is 4.00. The second-order valence-corrected chi connectivity index (χ2v) is 5.65. The van der Waals surface area contributed by atoms with Crippen LogP contribution in [0, 0.1) is 0 Å². The van der Waals surface area contributed by atoms with E-state index in [1.165, 1.54) is 12.5 Å². The summed E-state index contributed by atoms with van der Waals surface area (Å²) in [6.45, 7) is 3.59. The van der Waals surface area contributed by atoms with Gasteiger partial charge in [-0.1, -0.05) is 19.1 Å². The van der Waals surface area contributed by atoms with Crippen LogP contribution in [0.25, 0.3) is 0 Å². The van der Waals surface area contributed by atoms with E-state index in [1.807, 2.05) is 19.1 Å². The molecule has 6 nitrogen and oxygen atoms in total. The van der Waals surface area contributed by atoms with Crippen LogP contribution in [-0.2, 0) is 16.6 Å². The fraction of sp³-hybridized carbons (Fsp3) is 0.250. The molecule has 19 heavy (non-hydrogen) atoms. The number of nitrogens with zero attached hydrogens (tertiary/aromatic N) is 1. The standard InChI is InChI=1S/C12H16N4O2S/c1-2-13-7-10-4-3-5-11(6-10)16-19(17,18)12-8-14-9-15-12/h3-6,8-9,13,16H,2,7H2,1H3,(H,14,15). The quantitative estimate of drug-likeness (QED) is 0.745. The van der Waals surface area contributed by atoms with Gasteiger partial charge >= 0.3 is 0 Å². The molecule has 0 bridgehead atoms. The lowest BCUT2D eigenvalue weighted by atomic mass is 10.2. The number of anilines is 1. The molecule has 0 fully saturated rings. The van der Waals surface area contributed by atoms with Gasteiger partial charge in [-0.25, -0.2) is 4.98 Å². The van der Waals surface area contributed by atoms with Gasteiger partial charge in [0.2, 0.25) is 0 Å². The molecule has 0 aliphatic rings. The number of sulfonamides is 1. The molecule has 0 atom stereocenters. The molecule has 1 aromatic heterocycles. The Labute approximate surface area is 112 Å². The van der Waals surface area contributed by atoms with Gasteiger partial charge in [-0.2, -0.15) is 8.42 Å². The summed E-state index contributed by atoms with van der Waals surface area (Å²) in [7, 11) is -3.60. The number of benzene rings is 1. The van der Waals surface area contributed by atoms with Crippen LogP contribution < -0.4 is 10.0 Å². The van der Waals surface area contributed by atoms with Gasteiger partial charge in [-0.05, 0) is 24.2 Å². The maximum Gasteiger partial charge on any atom is 0.278 e. The van der Waals surface area contributed by atoms with Crippen molar-refractivity contribution in [3.8, 4) is 0 Å². The summed E-state index contributed by atoms with van der Waals surface area (Å²) in [5.41, 5.74) is 1.55. The molecule has 0 aliphatic heterocycles. The lowest BCUT2D eigenvalue weighted by Crippen LogP contribution is -2.14. The monoisotopic (exact) mass is 280 g/mol. The number of hydrogen-bond donors (Lipinski definition) is 3. The Bertz CT molecular complexity index is 623. The van der Waals surface area contributed by atoms with Gasteiger partial charge in [-0.3, -0.25) is 4.72 Å². The average molecular weight is 280 g/mol. The minimum Gasteiger partial charge on any atom is -0.334 e. The number of aromatic nitrogens is 2. The second kappa shape index (κ2) is 5.85. The van der Waals surface area contributed by atoms with Crippen LogP contribution in [0.15, 0.2) is 41.8 Å². The highest BCUT2D eigenvalue weighted by molar-refractivity contribution is 7.92. The van der Waals surface area contributed by atoms with E-state index in [0.717, 1.165) is 12.1 Å². The molecule has 0 aliphatic carbocycles. The molecule has 7 heteroatoms. The van der Waals surface area contributed by atoms with Crippen molar-refractivity contribution in [1.82, 2.24) is 15.3 Å². The first-order valence-electron chi connectivity index (χ1n) is 5.92. The molecule has 0 spiro atoms. The van der Waals surface area contributed by atoms with E-state index in [4.69, 9.17) is 0 Å². The van der Waals surface area contributed by atoms with Gasteiger partial charge in [0.05, 0.1) is 12.5 Å². The first-order chi connectivity index (χ1) is 9.12. The Kier molecular flexibility index (Phi) is 4.18. The molecule has 0 radical (unpaired) electrons. The van der Waals surface area contributed by atoms with Crippen LogP contribution in [0.4, 0.5) is 5.69 Å². The minimum atomic E-state index is -3.60. The Morgan fingerprint density at radius 2 is 2.21 bits per heavy atom. The lowest BCUT2D eigenvalue weighted by molar-refractivity contribution is 0.598. The van der Waals surface area contributed by atoms with Crippen LogP contribution in [0.5, 0.6) is 0 Å². The highest BCUT2D eigenvalue weighted by Crippen LogP contribution is 2.15. The molecule has 1 aromatic carbocycles. The Morgan fingerprint density at radius 1 is 1.37 bits per heavy atom. The SMILES string of the molecule is CCNCc1cccc(NS(=O)(=O)c2cnc[nH]2)c1. The van der Waals surface area contributed by atoms with Gasteiger partial charge in [0.1, 0.15) is 0 Å². The third-order valence-corrected chi connectivity index (χ3v) is 3.83. The van der Waals surface area contributed by atoms with Crippen molar-refractivity contribution < 1.29 is 8.42 Å². The van der Waals surface area contributed by atoms with Crippen LogP contribution in [0.1, 0.15) is 12.5 Å². The van der Waals surface area contributed by atoms with Gasteiger partial charge in [0, 0.05) is 12.2 Å². The number of aromatic amines is 1. The van der Waals surface area contributed by atoms with E-state index >= 15 is 0 Å². The number of nitrogens with one attached hydrogen (secondary N) is 3. The van der Waals surface area contributed by atoms with E-state index in [9.17, 15) is 8.42 Å². The van der Waals surface area contributed by atoms with Crippen LogP contribution in [0.2, 0.25) is 0 Å². The zero-order chi connectivity index (χ0) is 13.7. The summed E-state index contributed by atoms with van der Waals surface area (Å²) in [4.78, 5) is 6.28. The Morgan fingerprint density at radius 3 is 2.89 bits per heavy atom. The first-order valence-corrected chi connectivity index (χ1v) is 7.41. The van der Waals surface area contributed by atoms with Crippen molar-refractivity contribution in [3.05, 3.63) is 42.4 Å². The van der Waals surface area contributed by atoms with Crippen molar-refractivity contribution in [2.45, 2.75) is 18.5 Å². The molecular formula is C12H16N4O2S. The highest BCUT2D eigenvalue weighted by atomic mass is 32.2. The van der Waals surface area contributed by atoms with Gasteiger partial charge in [-0.15, -0.1) is 0 Å². The average Bonchev–Trinajstić information content (AvgIpc) is 2.91. The first kappa shape index (κ1) is 13.6. The summed E-state index contributed by atoms with van der Waals surface area (Å²) in [6, 6.07) is 7.27. The van der Waals surface area contributed by atoms with Crippen LogP contribution in [-0.4, -0.2) is 24.9 Å². The predicted molar refractivity (Wildman–Crippen MR) is 73.2 cm³/mol. The molecule has 0 saturated carbocycles. The number of rotatable bonds is 6. The maximum atomic E-state index is 12.0. The largest absolute Gasteiger partial charge is 0.334 e. The van der Waals surface area contributed by atoms with Crippen molar-refractivity contribution in [1.29, 1.82) is 0 Å². The topological polar surface area (TPSA) is 86.9 Å². The van der Waals surface area contributed by atoms with Gasteiger partial charge < -0.3 is 10.3 Å². The number of H-pyrrole nitrogens is 1. The molecule has 0 unspecified atom stereocenters. The van der Waals surface area contributed by atoms with Crippen LogP contribution in [0.3, 0.4) is 0 Å². The number of imidazole rings is 1. The molecule has 1 heterocycles. The third kappa shape index (κ3) is 3.55. The summed E-state index contributed by atoms with van der Waals surface area (Å²) in [5.74, 6) is 0. The summed E-state index contributed by atoms with van der Waals surface area (Å²) in [6.07, 6.45) is 2.60. The number of hydrogen-bond acceptors (Lipinski definition) is 4. The van der Waals surface area contributed by atoms with E-state index in [1.54, 1.807) is 12.1 Å². The maximum absolute atomic E-state index is 12.0. The Balaban J connectivity index is 2.15. The highest BCUT2D eigenvalue weighted by Gasteiger charge is 2.15. The molecule has 102 valence electrons. The van der Waals surface area contributed by atoms with Crippen molar-refractivity contribution in [2.24, 2.45) is 0 Å². The Hall–Kier alpha value is -1.86. The van der Waals surface area contributed by atoms with E-state index < -0.39 is 10.0 Å². The van der Waals surface area contributed by atoms with E-state index in [2.05, 4.69) is 20.0 Å². The normalized spacial score (nSPS) is 11.4. The van der Waals surface area contributed by atoms with Crippen LogP contribution >= 0.6 is 0 Å². The fourth-order valence-corrected chi connectivity index (χ4v) is 2.57. The zero-order valence-electron chi connectivity index (χ0n) is 10.6. The summed E-state index contributed by atoms with van der Waals surface area (Å²) >= 11 is 0. The molecule has 0 amide bonds. The fourth-order valence-electron chi connectivity index (χ4n) is 1.61. The van der Waals surface area contributed by atoms with E-state index in [-0.39, 0.29) is 5.03 Å². The van der Waals surface area contributed by atoms with Crippen molar-refractivity contribution in [2.75, 3.05) is 11.3 Å². The minimum absolute atomic E-state index is 0.0459. The smallest absolute Gasteiger partial charge is 0.278 e. The molecular weight excluding hydrogens is 264 g/mol. The molecule has 3 N–H and O–H groups in total. The zero-order valence-corrected chi connectivity index (χ0v) is 11.4. The molecule has 0 saturated heterocycles. The van der Waals surface area contributed by atoms with Crippen molar-refractivity contribution >= 4 is 15.7 Å². The lowest BCUT2D eigenvalue weighted by Gasteiger charge is -2.08. The third-order valence-electron chi connectivity index (χ3n) is 2.52. The van der Waals surface area contributed by atoms with Crippen molar-refractivity contribution in [3.63, 3.8) is 0 Å². The van der Waals surface area contributed by atoms with E-state index in [0.29, 0.717) is 12.2 Å². The predicted octanol–water partition coefficient (Wildman–Crippen LogP) is 1.32. The molecule has 2 rings (SSSR count). The summed E-state index contributed by atoms with van der Waals surface area (Å²) in [5, 5.41) is 3.23. The van der Waals surface area contributed by atoms with Gasteiger partial charge in [0.25, 0.3) is 10.0 Å². The summed E-state index contributed by atoms with van der Waals surface area (Å²) < 4.78 is 26.5. The molecule has 2 aromatic rings.